The van der Waals surface area contributed by atoms with E-state index in [-0.39, 0.29) is 27.2 Å². The monoisotopic (exact) mass is 332 g/mol. The van der Waals surface area contributed by atoms with Crippen molar-refractivity contribution in [3.8, 4) is 5.69 Å². The van der Waals surface area contributed by atoms with Crippen molar-refractivity contribution in [3.63, 3.8) is 0 Å². The van der Waals surface area contributed by atoms with Gasteiger partial charge in [0.05, 0.1) is 5.02 Å². The fourth-order valence-electron chi connectivity index (χ4n) is 1.93. The predicted octanol–water partition coefficient (Wildman–Crippen LogP) is 2.08. The van der Waals surface area contributed by atoms with Gasteiger partial charge in [0, 0.05) is 12.8 Å². The number of sulfone groups is 1. The Labute approximate surface area is 126 Å². The maximum atomic E-state index is 14.0. The molecule has 1 aromatic heterocycles. The molecule has 0 amide bonds. The number of para-hydroxylation sites is 1. The summed E-state index contributed by atoms with van der Waals surface area (Å²) in [7, 11) is -3.64. The summed E-state index contributed by atoms with van der Waals surface area (Å²) in [5.74, 6) is -0.780. The second kappa shape index (κ2) is 5.53. The number of hydrogen-bond acceptors (Lipinski definition) is 5. The van der Waals surface area contributed by atoms with Crippen LogP contribution in [-0.2, 0) is 9.84 Å². The van der Waals surface area contributed by atoms with Gasteiger partial charge in [-0.05, 0) is 19.1 Å². The molecule has 1 heterocycles. The zero-order valence-corrected chi connectivity index (χ0v) is 13.0. The lowest BCUT2D eigenvalue weighted by atomic mass is 10.3. The normalized spacial score (nSPS) is 11.6. The van der Waals surface area contributed by atoms with E-state index in [4.69, 9.17) is 17.3 Å². The molecule has 0 unspecified atom stereocenters. The highest BCUT2D eigenvalue weighted by Gasteiger charge is 2.26. The summed E-state index contributed by atoms with van der Waals surface area (Å²) in [5.41, 5.74) is 5.75. The third-order valence-corrected chi connectivity index (χ3v) is 4.19. The summed E-state index contributed by atoms with van der Waals surface area (Å²) < 4.78 is 38.7. The molecule has 0 saturated carbocycles. The number of halogens is 2. The van der Waals surface area contributed by atoms with Crippen LogP contribution in [0.1, 0.15) is 6.92 Å². The molecule has 6 nitrogen and oxygen atoms in total. The number of rotatable bonds is 4. The van der Waals surface area contributed by atoms with Gasteiger partial charge in [-0.25, -0.2) is 17.5 Å². The van der Waals surface area contributed by atoms with Gasteiger partial charge in [-0.15, -0.1) is 5.10 Å². The van der Waals surface area contributed by atoms with Gasteiger partial charge in [-0.3, -0.25) is 0 Å². The van der Waals surface area contributed by atoms with Gasteiger partial charge in [0.15, 0.2) is 20.6 Å². The highest BCUT2D eigenvalue weighted by Crippen LogP contribution is 2.32. The van der Waals surface area contributed by atoms with Crippen LogP contribution in [0.3, 0.4) is 0 Å². The molecular weight excluding hydrogens is 319 g/mol. The summed E-state index contributed by atoms with van der Waals surface area (Å²) in [4.78, 5) is -0.177. The molecule has 0 saturated heterocycles. The predicted molar refractivity (Wildman–Crippen MR) is 80.2 cm³/mol. The molecule has 2 rings (SSSR count). The van der Waals surface area contributed by atoms with Crippen LogP contribution < -0.4 is 11.1 Å². The van der Waals surface area contributed by atoms with Crippen molar-refractivity contribution in [2.45, 2.75) is 11.8 Å². The minimum atomic E-state index is -3.64. The quantitative estimate of drug-likeness (QED) is 0.894. The molecule has 21 heavy (non-hydrogen) atoms. The number of aromatic nitrogens is 2. The van der Waals surface area contributed by atoms with E-state index in [1.54, 1.807) is 6.92 Å². The molecule has 0 spiro atoms. The first kappa shape index (κ1) is 15.6. The van der Waals surface area contributed by atoms with Gasteiger partial charge >= 0.3 is 0 Å². The van der Waals surface area contributed by atoms with Crippen molar-refractivity contribution in [1.29, 1.82) is 0 Å². The van der Waals surface area contributed by atoms with E-state index in [9.17, 15) is 12.8 Å². The Morgan fingerprint density at radius 1 is 1.48 bits per heavy atom. The van der Waals surface area contributed by atoms with Crippen molar-refractivity contribution in [2.24, 2.45) is 0 Å². The topological polar surface area (TPSA) is 90.0 Å². The van der Waals surface area contributed by atoms with Crippen LogP contribution in [-0.4, -0.2) is 31.0 Å². The summed E-state index contributed by atoms with van der Waals surface area (Å²) in [6.45, 7) is 2.21. The molecule has 0 bridgehead atoms. The zero-order chi connectivity index (χ0) is 15.8. The van der Waals surface area contributed by atoms with E-state index in [1.165, 1.54) is 18.2 Å². The Bertz CT molecular complexity index is 769. The van der Waals surface area contributed by atoms with Crippen LogP contribution in [0.4, 0.5) is 16.0 Å². The van der Waals surface area contributed by atoms with E-state index in [2.05, 4.69) is 10.4 Å². The first-order valence-electron chi connectivity index (χ1n) is 6.04. The van der Waals surface area contributed by atoms with E-state index < -0.39 is 15.7 Å². The largest absolute Gasteiger partial charge is 0.382 e. The number of nitrogen functional groups attached to an aromatic ring is 1. The summed E-state index contributed by atoms with van der Waals surface area (Å²) in [6.07, 6.45) is 1.01. The highest BCUT2D eigenvalue weighted by atomic mass is 35.5. The number of nitrogens with one attached hydrogen (secondary N) is 1. The van der Waals surface area contributed by atoms with Gasteiger partial charge in [-0.2, -0.15) is 0 Å². The van der Waals surface area contributed by atoms with Crippen LogP contribution in [0, 0.1) is 5.82 Å². The zero-order valence-electron chi connectivity index (χ0n) is 11.4. The molecular formula is C12H14ClFN4O2S. The first-order valence-corrected chi connectivity index (χ1v) is 8.31. The van der Waals surface area contributed by atoms with Gasteiger partial charge in [0.1, 0.15) is 17.3 Å². The van der Waals surface area contributed by atoms with Gasteiger partial charge in [0.25, 0.3) is 0 Å². The Morgan fingerprint density at radius 2 is 2.14 bits per heavy atom. The van der Waals surface area contributed by atoms with E-state index in [1.807, 2.05) is 0 Å². The fourth-order valence-corrected chi connectivity index (χ4v) is 3.10. The third kappa shape index (κ3) is 2.81. The van der Waals surface area contributed by atoms with Crippen LogP contribution in [0.5, 0.6) is 0 Å². The lowest BCUT2D eigenvalue weighted by Gasteiger charge is -2.07. The number of anilines is 2. The fraction of sp³-hybridized carbons (Fsp3) is 0.250. The average molecular weight is 333 g/mol. The summed E-state index contributed by atoms with van der Waals surface area (Å²) in [6, 6.07) is 4.09. The minimum Gasteiger partial charge on any atom is -0.382 e. The van der Waals surface area contributed by atoms with Gasteiger partial charge in [0.2, 0.25) is 0 Å². The van der Waals surface area contributed by atoms with Crippen LogP contribution in [0.2, 0.25) is 5.02 Å². The molecule has 1 aromatic carbocycles. The Kier molecular flexibility index (Phi) is 4.11. The van der Waals surface area contributed by atoms with Crippen molar-refractivity contribution in [3.05, 3.63) is 29.0 Å². The van der Waals surface area contributed by atoms with Gasteiger partial charge < -0.3 is 11.1 Å². The van der Waals surface area contributed by atoms with Gasteiger partial charge in [-0.1, -0.05) is 17.7 Å². The Hall–Kier alpha value is -1.80. The molecule has 3 N–H and O–H groups in total. The van der Waals surface area contributed by atoms with Crippen molar-refractivity contribution in [2.75, 3.05) is 23.9 Å². The summed E-state index contributed by atoms with van der Waals surface area (Å²) in [5, 5.41) is 6.91. The standard InChI is InChI=1S/C12H14ClFN4O2S/c1-3-16-12-10(21(2,19)20)11(15)18(17-12)9-7(13)5-4-6-8(9)14/h4-6H,3,15H2,1-2H3,(H,16,17). The van der Waals surface area contributed by atoms with E-state index in [0.29, 0.717) is 6.54 Å². The second-order valence-corrected chi connectivity index (χ2v) is 6.71. The Morgan fingerprint density at radius 3 is 2.67 bits per heavy atom. The summed E-state index contributed by atoms with van der Waals surface area (Å²) >= 11 is 5.96. The molecule has 0 aliphatic rings. The molecule has 9 heteroatoms. The molecule has 0 radical (unpaired) electrons. The number of nitrogens with two attached hydrogens (primary N) is 1. The molecule has 0 fully saturated rings. The number of hydrogen-bond donors (Lipinski definition) is 2. The Balaban J connectivity index is 2.78. The second-order valence-electron chi connectivity index (χ2n) is 4.35. The van der Waals surface area contributed by atoms with Crippen molar-refractivity contribution < 1.29 is 12.8 Å². The smallest absolute Gasteiger partial charge is 0.182 e. The lowest BCUT2D eigenvalue weighted by Crippen LogP contribution is -2.07. The van der Waals surface area contributed by atoms with Crippen molar-refractivity contribution in [1.82, 2.24) is 9.78 Å². The van der Waals surface area contributed by atoms with Crippen LogP contribution >= 0.6 is 11.6 Å². The maximum Gasteiger partial charge on any atom is 0.182 e. The highest BCUT2D eigenvalue weighted by molar-refractivity contribution is 7.91. The molecule has 114 valence electrons. The minimum absolute atomic E-state index is 0.0665. The maximum absolute atomic E-state index is 14.0. The van der Waals surface area contributed by atoms with E-state index >= 15 is 0 Å². The number of benzene rings is 1. The van der Waals surface area contributed by atoms with Crippen LogP contribution in [0.25, 0.3) is 5.69 Å². The molecule has 0 atom stereocenters. The molecule has 0 aliphatic heterocycles. The average Bonchev–Trinajstić information content (AvgIpc) is 2.66. The lowest BCUT2D eigenvalue weighted by molar-refractivity contribution is 0.602. The molecule has 2 aromatic rings. The van der Waals surface area contributed by atoms with E-state index in [0.717, 1.165) is 10.9 Å². The van der Waals surface area contributed by atoms with Crippen LogP contribution in [0.15, 0.2) is 23.1 Å². The number of nitrogens with zero attached hydrogens (tertiary/aromatic N) is 2. The molecule has 0 aliphatic carbocycles. The first-order chi connectivity index (χ1) is 9.77. The third-order valence-electron chi connectivity index (χ3n) is 2.74. The SMILES string of the molecule is CCNc1nn(-c2c(F)cccc2Cl)c(N)c1S(C)(=O)=O. The van der Waals surface area contributed by atoms with Crippen molar-refractivity contribution >= 4 is 33.1 Å².